The van der Waals surface area contributed by atoms with Crippen molar-refractivity contribution >= 4 is 0 Å². The Kier molecular flexibility index (Phi) is 4.07. The smallest absolute Gasteiger partial charge is 0.0110 e. The maximum Gasteiger partial charge on any atom is 0.0110 e. The average molecular weight is 169 g/mol. The molecule has 0 radical (unpaired) electrons. The third-order valence-corrected chi connectivity index (χ3v) is 2.70. The van der Waals surface area contributed by atoms with Gasteiger partial charge in [0.05, 0.1) is 0 Å². The molecule has 12 heavy (non-hydrogen) atoms. The summed E-state index contributed by atoms with van der Waals surface area (Å²) in [5.74, 6) is 1.85. The van der Waals surface area contributed by atoms with Crippen molar-refractivity contribution in [1.82, 2.24) is 4.90 Å². The fraction of sp³-hybridized carbons (Fsp3) is 1.00. The maximum atomic E-state index is 2.53. The molecule has 1 nitrogen and oxygen atoms in total. The molecular weight excluding hydrogens is 146 g/mol. The number of hydrogen-bond acceptors (Lipinski definition) is 1. The second kappa shape index (κ2) is 4.86. The Morgan fingerprint density at radius 1 is 1.17 bits per heavy atom. The van der Waals surface area contributed by atoms with Crippen molar-refractivity contribution < 1.29 is 0 Å². The van der Waals surface area contributed by atoms with Crippen LogP contribution in [-0.2, 0) is 0 Å². The summed E-state index contributed by atoms with van der Waals surface area (Å²) in [6.07, 6.45) is 4.17. The third-order valence-electron chi connectivity index (χ3n) is 2.70. The minimum atomic E-state index is 0.911. The van der Waals surface area contributed by atoms with E-state index in [2.05, 4.69) is 25.7 Å². The Morgan fingerprint density at radius 3 is 2.33 bits per heavy atom. The fourth-order valence-electron chi connectivity index (χ4n) is 2.07. The van der Waals surface area contributed by atoms with E-state index < -0.39 is 0 Å². The summed E-state index contributed by atoms with van der Waals surface area (Å²) in [7, 11) is 0. The van der Waals surface area contributed by atoms with E-state index >= 15 is 0 Å². The molecule has 1 aliphatic heterocycles. The first-order valence-corrected chi connectivity index (χ1v) is 5.44. The fourth-order valence-corrected chi connectivity index (χ4v) is 2.07. The first-order chi connectivity index (χ1) is 5.72. The molecule has 2 unspecified atom stereocenters. The van der Waals surface area contributed by atoms with Gasteiger partial charge < -0.3 is 4.90 Å². The first kappa shape index (κ1) is 10.0. The van der Waals surface area contributed by atoms with Gasteiger partial charge in [-0.05, 0) is 18.3 Å². The maximum absolute atomic E-state index is 2.53. The highest BCUT2D eigenvalue weighted by atomic mass is 15.3. The minimum absolute atomic E-state index is 0.911. The SMILES string of the molecule is CCCC(C)CC(C)CN1CC1. The van der Waals surface area contributed by atoms with Gasteiger partial charge in [0.15, 0.2) is 0 Å². The summed E-state index contributed by atoms with van der Waals surface area (Å²) in [6.45, 7) is 11.1. The highest BCUT2D eigenvalue weighted by molar-refractivity contribution is 4.75. The van der Waals surface area contributed by atoms with Crippen LogP contribution >= 0.6 is 0 Å². The van der Waals surface area contributed by atoms with Gasteiger partial charge in [0.2, 0.25) is 0 Å². The summed E-state index contributed by atoms with van der Waals surface area (Å²) in [4.78, 5) is 2.53. The first-order valence-electron chi connectivity index (χ1n) is 5.44. The summed E-state index contributed by atoms with van der Waals surface area (Å²) in [5, 5.41) is 0. The Bertz CT molecular complexity index is 118. The lowest BCUT2D eigenvalue weighted by molar-refractivity contribution is 0.343. The summed E-state index contributed by atoms with van der Waals surface area (Å²) in [6, 6.07) is 0. The van der Waals surface area contributed by atoms with Crippen LogP contribution in [0.5, 0.6) is 0 Å². The van der Waals surface area contributed by atoms with Crippen LogP contribution in [0.4, 0.5) is 0 Å². The zero-order chi connectivity index (χ0) is 8.97. The molecule has 0 aromatic rings. The molecule has 0 aliphatic carbocycles. The lowest BCUT2D eigenvalue weighted by Gasteiger charge is -2.16. The summed E-state index contributed by atoms with van der Waals surface area (Å²) in [5.41, 5.74) is 0. The molecule has 0 spiro atoms. The van der Waals surface area contributed by atoms with Gasteiger partial charge in [-0.25, -0.2) is 0 Å². The van der Waals surface area contributed by atoms with Crippen molar-refractivity contribution in [1.29, 1.82) is 0 Å². The summed E-state index contributed by atoms with van der Waals surface area (Å²) < 4.78 is 0. The predicted molar refractivity (Wildman–Crippen MR) is 54.3 cm³/mol. The molecule has 1 saturated heterocycles. The molecule has 0 saturated carbocycles. The van der Waals surface area contributed by atoms with E-state index in [0.29, 0.717) is 0 Å². The number of hydrogen-bond donors (Lipinski definition) is 0. The molecule has 72 valence electrons. The molecule has 0 aromatic heterocycles. The van der Waals surface area contributed by atoms with E-state index in [9.17, 15) is 0 Å². The lowest BCUT2D eigenvalue weighted by Crippen LogP contribution is -2.13. The second-order valence-corrected chi connectivity index (χ2v) is 4.54. The van der Waals surface area contributed by atoms with Gasteiger partial charge in [0, 0.05) is 19.6 Å². The molecule has 1 heterocycles. The third kappa shape index (κ3) is 4.10. The van der Waals surface area contributed by atoms with Crippen molar-refractivity contribution in [3.05, 3.63) is 0 Å². The normalized spacial score (nSPS) is 22.2. The Labute approximate surface area is 77.1 Å². The van der Waals surface area contributed by atoms with E-state index in [4.69, 9.17) is 0 Å². The quantitative estimate of drug-likeness (QED) is 0.553. The molecule has 1 aliphatic rings. The highest BCUT2D eigenvalue weighted by Gasteiger charge is 2.20. The number of rotatable bonds is 6. The van der Waals surface area contributed by atoms with E-state index in [0.717, 1.165) is 11.8 Å². The molecular formula is C11H23N. The van der Waals surface area contributed by atoms with Crippen LogP contribution < -0.4 is 0 Å². The standard InChI is InChI=1S/C11H23N/c1-4-5-10(2)8-11(3)9-12-6-7-12/h10-11H,4-9H2,1-3H3. The van der Waals surface area contributed by atoms with Gasteiger partial charge in [-0.3, -0.25) is 0 Å². The monoisotopic (exact) mass is 169 g/mol. The molecule has 1 fully saturated rings. The minimum Gasteiger partial charge on any atom is -0.301 e. The van der Waals surface area contributed by atoms with Crippen molar-refractivity contribution in [2.24, 2.45) is 11.8 Å². The van der Waals surface area contributed by atoms with Crippen LogP contribution in [0.15, 0.2) is 0 Å². The number of nitrogens with zero attached hydrogens (tertiary/aromatic N) is 1. The van der Waals surface area contributed by atoms with Gasteiger partial charge in [0.25, 0.3) is 0 Å². The van der Waals surface area contributed by atoms with Crippen LogP contribution in [0.1, 0.15) is 40.0 Å². The molecule has 2 atom stereocenters. The van der Waals surface area contributed by atoms with Crippen LogP contribution in [0.3, 0.4) is 0 Å². The predicted octanol–water partition coefficient (Wildman–Crippen LogP) is 2.76. The Hall–Kier alpha value is -0.0400. The lowest BCUT2D eigenvalue weighted by atomic mass is 9.94. The highest BCUT2D eigenvalue weighted by Crippen LogP contribution is 2.19. The van der Waals surface area contributed by atoms with Crippen LogP contribution in [0, 0.1) is 11.8 Å². The Morgan fingerprint density at radius 2 is 1.83 bits per heavy atom. The van der Waals surface area contributed by atoms with Gasteiger partial charge in [-0.1, -0.05) is 33.6 Å². The van der Waals surface area contributed by atoms with Gasteiger partial charge >= 0.3 is 0 Å². The summed E-state index contributed by atoms with van der Waals surface area (Å²) >= 11 is 0. The molecule has 0 amide bonds. The zero-order valence-electron chi connectivity index (χ0n) is 8.84. The largest absolute Gasteiger partial charge is 0.301 e. The van der Waals surface area contributed by atoms with Crippen molar-refractivity contribution in [3.8, 4) is 0 Å². The average Bonchev–Trinajstić information content (AvgIpc) is 2.71. The second-order valence-electron chi connectivity index (χ2n) is 4.54. The van der Waals surface area contributed by atoms with Gasteiger partial charge in [0.1, 0.15) is 0 Å². The molecule has 1 rings (SSSR count). The van der Waals surface area contributed by atoms with E-state index in [1.807, 2.05) is 0 Å². The van der Waals surface area contributed by atoms with E-state index in [1.54, 1.807) is 0 Å². The van der Waals surface area contributed by atoms with Crippen molar-refractivity contribution in [2.75, 3.05) is 19.6 Å². The zero-order valence-corrected chi connectivity index (χ0v) is 8.84. The molecule has 0 bridgehead atoms. The van der Waals surface area contributed by atoms with Crippen LogP contribution in [-0.4, -0.2) is 24.5 Å². The van der Waals surface area contributed by atoms with Crippen LogP contribution in [0.25, 0.3) is 0 Å². The van der Waals surface area contributed by atoms with Crippen molar-refractivity contribution in [2.45, 2.75) is 40.0 Å². The Balaban J connectivity index is 2.02. The van der Waals surface area contributed by atoms with E-state index in [1.165, 1.54) is 38.9 Å². The van der Waals surface area contributed by atoms with Crippen LogP contribution in [0.2, 0.25) is 0 Å². The molecule has 1 heteroatoms. The van der Waals surface area contributed by atoms with E-state index in [-0.39, 0.29) is 0 Å². The topological polar surface area (TPSA) is 3.01 Å². The molecule has 0 aromatic carbocycles. The van der Waals surface area contributed by atoms with Gasteiger partial charge in [-0.2, -0.15) is 0 Å². The van der Waals surface area contributed by atoms with Gasteiger partial charge in [-0.15, -0.1) is 0 Å². The van der Waals surface area contributed by atoms with Crippen molar-refractivity contribution in [3.63, 3.8) is 0 Å². The molecule has 0 N–H and O–H groups in total.